The number of thiazole rings is 1. The van der Waals surface area contributed by atoms with Crippen molar-refractivity contribution in [3.63, 3.8) is 0 Å². The van der Waals surface area contributed by atoms with Crippen LogP contribution < -0.4 is 5.73 Å². The molecule has 2 heterocycles. The molecule has 0 bridgehead atoms. The second kappa shape index (κ2) is 5.75. The molecule has 0 aromatic carbocycles. The average molecular weight is 240 g/mol. The molecule has 0 spiro atoms. The summed E-state index contributed by atoms with van der Waals surface area (Å²) in [6.45, 7) is 3.88. The van der Waals surface area contributed by atoms with Gasteiger partial charge in [-0.05, 0) is 32.1 Å². The predicted octanol–water partition coefficient (Wildman–Crippen LogP) is 2.00. The molecule has 3 nitrogen and oxygen atoms in total. The molecule has 0 aliphatic carbocycles. The van der Waals surface area contributed by atoms with Crippen molar-refractivity contribution in [1.82, 2.24) is 4.98 Å². The molecule has 1 saturated heterocycles. The minimum Gasteiger partial charge on any atom is -0.381 e. The molecule has 4 heteroatoms. The predicted molar refractivity (Wildman–Crippen MR) is 66.7 cm³/mol. The van der Waals surface area contributed by atoms with Gasteiger partial charge < -0.3 is 10.5 Å². The van der Waals surface area contributed by atoms with Gasteiger partial charge in [0.1, 0.15) is 0 Å². The zero-order chi connectivity index (χ0) is 11.4. The molecule has 1 aromatic heterocycles. The first-order valence-corrected chi connectivity index (χ1v) is 6.82. The lowest BCUT2D eigenvalue weighted by Gasteiger charge is -2.20. The topological polar surface area (TPSA) is 48.1 Å². The summed E-state index contributed by atoms with van der Waals surface area (Å²) in [5.41, 5.74) is 5.78. The molecule has 2 rings (SSSR count). The molecule has 1 aromatic rings. The van der Waals surface area contributed by atoms with E-state index in [1.54, 1.807) is 0 Å². The fourth-order valence-electron chi connectivity index (χ4n) is 2.07. The van der Waals surface area contributed by atoms with E-state index in [2.05, 4.69) is 4.98 Å². The summed E-state index contributed by atoms with van der Waals surface area (Å²) in [6, 6.07) is 0.228. The van der Waals surface area contributed by atoms with E-state index in [1.165, 1.54) is 22.7 Å². The third-order valence-electron chi connectivity index (χ3n) is 2.84. The smallest absolute Gasteiger partial charge is 0.0931 e. The SMILES string of the molecule is CC(N)Cc1cnc(CC2CCCOC2)s1. The van der Waals surface area contributed by atoms with Crippen LogP contribution in [0.4, 0.5) is 0 Å². The van der Waals surface area contributed by atoms with Crippen LogP contribution in [0.5, 0.6) is 0 Å². The highest BCUT2D eigenvalue weighted by Gasteiger charge is 2.16. The summed E-state index contributed by atoms with van der Waals surface area (Å²) in [5.74, 6) is 0.669. The minimum atomic E-state index is 0.228. The molecule has 0 saturated carbocycles. The van der Waals surface area contributed by atoms with Crippen molar-refractivity contribution in [3.05, 3.63) is 16.1 Å². The van der Waals surface area contributed by atoms with Crippen LogP contribution in [0.2, 0.25) is 0 Å². The van der Waals surface area contributed by atoms with E-state index in [1.807, 2.05) is 24.5 Å². The van der Waals surface area contributed by atoms with E-state index in [0.29, 0.717) is 5.92 Å². The first kappa shape index (κ1) is 12.0. The van der Waals surface area contributed by atoms with Gasteiger partial charge in [-0.2, -0.15) is 0 Å². The lowest BCUT2D eigenvalue weighted by molar-refractivity contribution is 0.0550. The fraction of sp³-hybridized carbons (Fsp3) is 0.750. The van der Waals surface area contributed by atoms with Crippen LogP contribution in [0.15, 0.2) is 6.20 Å². The molecule has 90 valence electrons. The molecule has 16 heavy (non-hydrogen) atoms. The lowest BCUT2D eigenvalue weighted by Crippen LogP contribution is -2.19. The van der Waals surface area contributed by atoms with Gasteiger partial charge in [0, 0.05) is 36.8 Å². The molecule has 1 aliphatic heterocycles. The average Bonchev–Trinajstić information content (AvgIpc) is 2.66. The van der Waals surface area contributed by atoms with Gasteiger partial charge >= 0.3 is 0 Å². The van der Waals surface area contributed by atoms with Gasteiger partial charge in [0.2, 0.25) is 0 Å². The van der Waals surface area contributed by atoms with Crippen molar-refractivity contribution in [2.45, 2.75) is 38.6 Å². The molecular weight excluding hydrogens is 220 g/mol. The molecule has 1 fully saturated rings. The lowest BCUT2D eigenvalue weighted by atomic mass is 9.99. The maximum atomic E-state index is 5.78. The van der Waals surface area contributed by atoms with Gasteiger partial charge in [-0.1, -0.05) is 0 Å². The molecule has 2 unspecified atom stereocenters. The number of rotatable bonds is 4. The van der Waals surface area contributed by atoms with E-state index in [0.717, 1.165) is 26.1 Å². The van der Waals surface area contributed by atoms with Crippen LogP contribution in [0.1, 0.15) is 29.7 Å². The highest BCUT2D eigenvalue weighted by molar-refractivity contribution is 7.11. The number of hydrogen-bond acceptors (Lipinski definition) is 4. The quantitative estimate of drug-likeness (QED) is 0.875. The number of nitrogens with two attached hydrogens (primary N) is 1. The van der Waals surface area contributed by atoms with Crippen molar-refractivity contribution in [1.29, 1.82) is 0 Å². The van der Waals surface area contributed by atoms with E-state index in [9.17, 15) is 0 Å². The monoisotopic (exact) mass is 240 g/mol. The van der Waals surface area contributed by atoms with Gasteiger partial charge in [0.25, 0.3) is 0 Å². The maximum absolute atomic E-state index is 5.78. The Morgan fingerprint density at radius 3 is 3.25 bits per heavy atom. The van der Waals surface area contributed by atoms with Crippen molar-refractivity contribution >= 4 is 11.3 Å². The van der Waals surface area contributed by atoms with Crippen LogP contribution in [-0.2, 0) is 17.6 Å². The molecule has 2 N–H and O–H groups in total. The molecule has 1 aliphatic rings. The summed E-state index contributed by atoms with van der Waals surface area (Å²) in [4.78, 5) is 5.78. The Bertz CT molecular complexity index is 319. The van der Waals surface area contributed by atoms with Gasteiger partial charge in [-0.15, -0.1) is 11.3 Å². The number of nitrogens with zero attached hydrogens (tertiary/aromatic N) is 1. The number of ether oxygens (including phenoxy) is 1. The van der Waals surface area contributed by atoms with Crippen LogP contribution in [0, 0.1) is 5.92 Å². The van der Waals surface area contributed by atoms with Crippen molar-refractivity contribution in [2.75, 3.05) is 13.2 Å². The molecule has 2 atom stereocenters. The zero-order valence-corrected chi connectivity index (χ0v) is 10.6. The standard InChI is InChI=1S/C12H20N2OS/c1-9(13)5-11-7-14-12(16-11)6-10-3-2-4-15-8-10/h7,9-10H,2-6,8,13H2,1H3. The highest BCUT2D eigenvalue weighted by Crippen LogP contribution is 2.22. The molecule has 0 radical (unpaired) electrons. The van der Waals surface area contributed by atoms with Crippen molar-refractivity contribution in [2.24, 2.45) is 11.7 Å². The van der Waals surface area contributed by atoms with E-state index < -0.39 is 0 Å². The van der Waals surface area contributed by atoms with E-state index in [4.69, 9.17) is 10.5 Å². The third kappa shape index (κ3) is 3.54. The zero-order valence-electron chi connectivity index (χ0n) is 9.82. The van der Waals surface area contributed by atoms with Crippen molar-refractivity contribution in [3.8, 4) is 0 Å². The summed E-state index contributed by atoms with van der Waals surface area (Å²) < 4.78 is 5.48. The highest BCUT2D eigenvalue weighted by atomic mass is 32.1. The Morgan fingerprint density at radius 1 is 1.69 bits per heavy atom. The Hall–Kier alpha value is -0.450. The summed E-state index contributed by atoms with van der Waals surface area (Å²) >= 11 is 1.81. The van der Waals surface area contributed by atoms with Crippen molar-refractivity contribution < 1.29 is 4.74 Å². The van der Waals surface area contributed by atoms with Gasteiger partial charge in [-0.3, -0.25) is 0 Å². The minimum absolute atomic E-state index is 0.228. The van der Waals surface area contributed by atoms with E-state index in [-0.39, 0.29) is 6.04 Å². The third-order valence-corrected chi connectivity index (χ3v) is 3.88. The van der Waals surface area contributed by atoms with E-state index >= 15 is 0 Å². The Kier molecular flexibility index (Phi) is 4.32. The largest absolute Gasteiger partial charge is 0.381 e. The van der Waals surface area contributed by atoms with Crippen LogP contribution in [0.3, 0.4) is 0 Å². The van der Waals surface area contributed by atoms with Crippen LogP contribution in [-0.4, -0.2) is 24.2 Å². The Labute approximate surface area is 101 Å². The molecule has 0 amide bonds. The fourth-order valence-corrected chi connectivity index (χ4v) is 3.25. The summed E-state index contributed by atoms with van der Waals surface area (Å²) in [5, 5.41) is 1.24. The Morgan fingerprint density at radius 2 is 2.56 bits per heavy atom. The van der Waals surface area contributed by atoms with Crippen LogP contribution in [0.25, 0.3) is 0 Å². The number of aromatic nitrogens is 1. The summed E-state index contributed by atoms with van der Waals surface area (Å²) in [6.07, 6.45) is 6.47. The molecular formula is C12H20N2OS. The Balaban J connectivity index is 1.86. The summed E-state index contributed by atoms with van der Waals surface area (Å²) in [7, 11) is 0. The maximum Gasteiger partial charge on any atom is 0.0931 e. The van der Waals surface area contributed by atoms with Crippen LogP contribution >= 0.6 is 11.3 Å². The number of hydrogen-bond donors (Lipinski definition) is 1. The second-order valence-electron chi connectivity index (χ2n) is 4.69. The van der Waals surface area contributed by atoms with Gasteiger partial charge in [0.05, 0.1) is 5.01 Å². The van der Waals surface area contributed by atoms with Gasteiger partial charge in [-0.25, -0.2) is 4.98 Å². The first-order valence-electron chi connectivity index (χ1n) is 6.01. The first-order chi connectivity index (χ1) is 7.74. The van der Waals surface area contributed by atoms with Gasteiger partial charge in [0.15, 0.2) is 0 Å². The normalized spacial score (nSPS) is 23.2. The second-order valence-corrected chi connectivity index (χ2v) is 5.89.